The Balaban J connectivity index is 2.57. The van der Waals surface area contributed by atoms with Gasteiger partial charge >= 0.3 is 5.97 Å². The molecule has 0 bridgehead atoms. The molecule has 6 heteroatoms. The molecule has 0 fully saturated rings. The molecule has 1 aromatic carbocycles. The minimum atomic E-state index is -0.624. The first kappa shape index (κ1) is 15.5. The number of nitrogens with zero attached hydrogens (tertiary/aromatic N) is 1. The molecule has 6 nitrogen and oxygen atoms in total. The van der Waals surface area contributed by atoms with E-state index in [1.54, 1.807) is 12.1 Å². The van der Waals surface area contributed by atoms with Crippen molar-refractivity contribution in [3.05, 3.63) is 29.3 Å². The molecule has 0 aromatic heterocycles. The van der Waals surface area contributed by atoms with E-state index in [9.17, 15) is 9.59 Å². The van der Waals surface area contributed by atoms with Crippen LogP contribution >= 0.6 is 0 Å². The molecule has 1 amide bonds. The van der Waals surface area contributed by atoms with Crippen LogP contribution in [0.15, 0.2) is 18.2 Å². The molecular weight excluding hydrogens is 260 g/mol. The van der Waals surface area contributed by atoms with Gasteiger partial charge in [-0.3, -0.25) is 4.79 Å². The van der Waals surface area contributed by atoms with Gasteiger partial charge in [0.2, 0.25) is 0 Å². The minimum Gasteiger partial charge on any atom is -0.496 e. The first-order valence-corrected chi connectivity index (χ1v) is 6.04. The fourth-order valence-corrected chi connectivity index (χ4v) is 1.50. The van der Waals surface area contributed by atoms with Crippen molar-refractivity contribution in [3.8, 4) is 11.8 Å². The van der Waals surface area contributed by atoms with Gasteiger partial charge in [-0.25, -0.2) is 4.79 Å². The average molecular weight is 276 g/mol. The third-order valence-corrected chi connectivity index (χ3v) is 2.47. The van der Waals surface area contributed by atoms with E-state index in [1.807, 2.05) is 19.1 Å². The second-order valence-corrected chi connectivity index (χ2v) is 4.04. The van der Waals surface area contributed by atoms with E-state index in [0.717, 1.165) is 5.56 Å². The summed E-state index contributed by atoms with van der Waals surface area (Å²) < 4.78 is 9.97. The summed E-state index contributed by atoms with van der Waals surface area (Å²) >= 11 is 0. The first-order chi connectivity index (χ1) is 9.58. The second-order valence-electron chi connectivity index (χ2n) is 4.04. The van der Waals surface area contributed by atoms with E-state index in [2.05, 4.69) is 5.32 Å². The van der Waals surface area contributed by atoms with Crippen LogP contribution in [0.3, 0.4) is 0 Å². The highest BCUT2D eigenvalue weighted by Gasteiger charge is 2.15. The molecule has 1 aromatic rings. The Morgan fingerprint density at radius 3 is 2.80 bits per heavy atom. The number of carbonyl (C=O) groups excluding carboxylic acids is 2. The molecule has 0 aliphatic rings. The number of aryl methyl sites for hydroxylation is 1. The third-order valence-electron chi connectivity index (χ3n) is 2.47. The number of hydrogen-bond donors (Lipinski definition) is 1. The SMILES string of the molecule is COc1ccc(C)cc1C(=O)OCC(=O)NCCC#N. The minimum absolute atomic E-state index is 0.214. The van der Waals surface area contributed by atoms with Gasteiger partial charge in [0.25, 0.3) is 5.91 Å². The highest BCUT2D eigenvalue weighted by Crippen LogP contribution is 2.20. The van der Waals surface area contributed by atoms with E-state index < -0.39 is 11.9 Å². The van der Waals surface area contributed by atoms with Crippen molar-refractivity contribution >= 4 is 11.9 Å². The zero-order valence-corrected chi connectivity index (χ0v) is 11.4. The van der Waals surface area contributed by atoms with Crippen LogP contribution in [0, 0.1) is 18.3 Å². The molecule has 20 heavy (non-hydrogen) atoms. The lowest BCUT2D eigenvalue weighted by Crippen LogP contribution is -2.29. The summed E-state index contributed by atoms with van der Waals surface area (Å²) in [5, 5.41) is 10.8. The van der Waals surface area contributed by atoms with Gasteiger partial charge in [0.05, 0.1) is 19.6 Å². The molecule has 0 saturated heterocycles. The third kappa shape index (κ3) is 4.61. The molecular formula is C14H16N2O4. The Morgan fingerprint density at radius 1 is 1.40 bits per heavy atom. The Kier molecular flexibility index (Phi) is 6.04. The molecule has 106 valence electrons. The normalized spacial score (nSPS) is 9.45. The average Bonchev–Trinajstić information content (AvgIpc) is 2.45. The van der Waals surface area contributed by atoms with Crippen LogP contribution in [-0.2, 0) is 9.53 Å². The molecule has 0 aliphatic carbocycles. The van der Waals surface area contributed by atoms with Gasteiger partial charge in [0, 0.05) is 6.54 Å². The van der Waals surface area contributed by atoms with Crippen molar-refractivity contribution in [1.82, 2.24) is 5.32 Å². The molecule has 1 rings (SSSR count). The number of nitrogens with one attached hydrogen (secondary N) is 1. The van der Waals surface area contributed by atoms with Gasteiger partial charge in [-0.2, -0.15) is 5.26 Å². The van der Waals surface area contributed by atoms with E-state index in [-0.39, 0.29) is 25.1 Å². The number of nitriles is 1. The Labute approximate surface area is 117 Å². The molecule has 1 N–H and O–H groups in total. The topological polar surface area (TPSA) is 88.4 Å². The summed E-state index contributed by atoms with van der Waals surface area (Å²) in [5.41, 5.74) is 1.16. The standard InChI is InChI=1S/C14H16N2O4/c1-10-4-5-12(19-2)11(8-10)14(18)20-9-13(17)16-7-3-6-15/h4-5,8H,3,7,9H2,1-2H3,(H,16,17). The van der Waals surface area contributed by atoms with Gasteiger partial charge in [0.15, 0.2) is 6.61 Å². The number of methoxy groups -OCH3 is 1. The fourth-order valence-electron chi connectivity index (χ4n) is 1.50. The Morgan fingerprint density at radius 2 is 2.15 bits per heavy atom. The molecule has 0 radical (unpaired) electrons. The molecule has 0 unspecified atom stereocenters. The summed E-state index contributed by atoms with van der Waals surface area (Å²) in [6, 6.07) is 7.01. The van der Waals surface area contributed by atoms with Crippen LogP contribution in [0.5, 0.6) is 5.75 Å². The maximum Gasteiger partial charge on any atom is 0.342 e. The lowest BCUT2D eigenvalue weighted by Gasteiger charge is -2.09. The molecule has 0 aliphatic heterocycles. The summed E-state index contributed by atoms with van der Waals surface area (Å²) in [4.78, 5) is 23.2. The smallest absolute Gasteiger partial charge is 0.342 e. The summed E-state index contributed by atoms with van der Waals surface area (Å²) in [5.74, 6) is -0.674. The Bertz CT molecular complexity index is 534. The zero-order valence-electron chi connectivity index (χ0n) is 11.4. The summed E-state index contributed by atoms with van der Waals surface area (Å²) in [7, 11) is 1.45. The lowest BCUT2D eigenvalue weighted by atomic mass is 10.1. The van der Waals surface area contributed by atoms with Crippen LogP contribution in [0.4, 0.5) is 0 Å². The van der Waals surface area contributed by atoms with Gasteiger partial charge in [-0.05, 0) is 19.1 Å². The predicted molar refractivity (Wildman–Crippen MR) is 71.3 cm³/mol. The fraction of sp³-hybridized carbons (Fsp3) is 0.357. The van der Waals surface area contributed by atoms with Gasteiger partial charge < -0.3 is 14.8 Å². The molecule has 0 heterocycles. The number of ether oxygens (including phenoxy) is 2. The van der Waals surface area contributed by atoms with Crippen LogP contribution in [0.1, 0.15) is 22.3 Å². The van der Waals surface area contributed by atoms with E-state index in [1.165, 1.54) is 7.11 Å². The molecule has 0 atom stereocenters. The summed E-state index contributed by atoms with van der Waals surface area (Å²) in [6.45, 7) is 1.69. The zero-order chi connectivity index (χ0) is 15.0. The van der Waals surface area contributed by atoms with Crippen molar-refractivity contribution in [2.24, 2.45) is 0 Å². The van der Waals surface area contributed by atoms with Crippen LogP contribution < -0.4 is 10.1 Å². The van der Waals surface area contributed by atoms with Crippen molar-refractivity contribution in [3.63, 3.8) is 0 Å². The number of benzene rings is 1. The van der Waals surface area contributed by atoms with E-state index in [0.29, 0.717) is 5.75 Å². The molecule has 0 spiro atoms. The maximum atomic E-state index is 11.9. The number of hydrogen-bond acceptors (Lipinski definition) is 5. The lowest BCUT2D eigenvalue weighted by molar-refractivity contribution is -0.124. The van der Waals surface area contributed by atoms with Crippen molar-refractivity contribution < 1.29 is 19.1 Å². The van der Waals surface area contributed by atoms with Crippen molar-refractivity contribution in [2.45, 2.75) is 13.3 Å². The van der Waals surface area contributed by atoms with Crippen LogP contribution in [0.2, 0.25) is 0 Å². The first-order valence-electron chi connectivity index (χ1n) is 6.04. The molecule has 0 saturated carbocycles. The van der Waals surface area contributed by atoms with Crippen LogP contribution in [-0.4, -0.2) is 32.1 Å². The monoisotopic (exact) mass is 276 g/mol. The second kappa shape index (κ2) is 7.79. The van der Waals surface area contributed by atoms with Crippen LogP contribution in [0.25, 0.3) is 0 Å². The van der Waals surface area contributed by atoms with Gasteiger partial charge in [-0.1, -0.05) is 11.6 Å². The number of carbonyl (C=O) groups is 2. The summed E-state index contributed by atoms with van der Waals surface area (Å²) in [6.07, 6.45) is 0.214. The van der Waals surface area contributed by atoms with Gasteiger partial charge in [-0.15, -0.1) is 0 Å². The van der Waals surface area contributed by atoms with E-state index in [4.69, 9.17) is 14.7 Å². The highest BCUT2D eigenvalue weighted by molar-refractivity contribution is 5.94. The van der Waals surface area contributed by atoms with Crippen molar-refractivity contribution in [1.29, 1.82) is 5.26 Å². The number of rotatable bonds is 6. The quantitative estimate of drug-likeness (QED) is 0.622. The van der Waals surface area contributed by atoms with E-state index >= 15 is 0 Å². The number of amides is 1. The highest BCUT2D eigenvalue weighted by atomic mass is 16.5. The number of esters is 1. The van der Waals surface area contributed by atoms with Crippen molar-refractivity contribution in [2.75, 3.05) is 20.3 Å². The predicted octanol–water partition coefficient (Wildman–Crippen LogP) is 1.19. The maximum absolute atomic E-state index is 11.9. The van der Waals surface area contributed by atoms with Gasteiger partial charge in [0.1, 0.15) is 11.3 Å². The largest absolute Gasteiger partial charge is 0.496 e. The Hall–Kier alpha value is -2.55.